The highest BCUT2D eigenvalue weighted by Gasteiger charge is 2.32. The third-order valence-corrected chi connectivity index (χ3v) is 6.12. The number of nitrogens with zero attached hydrogens (tertiary/aromatic N) is 1. The number of rotatable bonds is 5. The minimum atomic E-state index is -3.30. The molecular formula is C14H21NO4S. The number of benzene rings is 1. The first-order valence-corrected chi connectivity index (χ1v) is 8.20. The van der Waals surface area contributed by atoms with Crippen LogP contribution in [0.1, 0.15) is 25.7 Å². The molecule has 0 N–H and O–H groups in total. The van der Waals surface area contributed by atoms with Crippen molar-refractivity contribution >= 4 is 15.7 Å². The molecule has 2 rings (SSSR count). The Morgan fingerprint density at radius 3 is 2.25 bits per heavy atom. The number of hydrogen-bond donors (Lipinski definition) is 0. The summed E-state index contributed by atoms with van der Waals surface area (Å²) in [5.74, 6) is 1.11. The molecule has 6 heteroatoms. The highest BCUT2D eigenvalue weighted by Crippen LogP contribution is 2.34. The summed E-state index contributed by atoms with van der Waals surface area (Å²) >= 11 is 0. The maximum atomic E-state index is 12.5. The minimum absolute atomic E-state index is 0.263. The van der Waals surface area contributed by atoms with E-state index in [1.807, 2.05) is 0 Å². The Balaban J connectivity index is 2.30. The normalized spacial score (nSPS) is 16.1. The first-order valence-electron chi connectivity index (χ1n) is 6.70. The van der Waals surface area contributed by atoms with Crippen molar-refractivity contribution in [2.24, 2.45) is 0 Å². The molecule has 0 spiro atoms. The van der Waals surface area contributed by atoms with Crippen LogP contribution in [0, 0.1) is 0 Å². The van der Waals surface area contributed by atoms with Crippen molar-refractivity contribution in [3.8, 4) is 11.5 Å². The number of hydrogen-bond acceptors (Lipinski definition) is 4. The van der Waals surface area contributed by atoms with Crippen LogP contribution in [-0.2, 0) is 10.0 Å². The summed E-state index contributed by atoms with van der Waals surface area (Å²) in [6, 6.07) is 5.13. The van der Waals surface area contributed by atoms with E-state index in [4.69, 9.17) is 9.47 Å². The molecule has 0 amide bonds. The van der Waals surface area contributed by atoms with E-state index in [0.29, 0.717) is 17.2 Å². The van der Waals surface area contributed by atoms with E-state index in [-0.39, 0.29) is 5.25 Å². The Bertz CT molecular complexity index is 565. The van der Waals surface area contributed by atoms with Crippen LogP contribution in [-0.4, -0.2) is 34.9 Å². The average molecular weight is 299 g/mol. The third-order valence-electron chi connectivity index (χ3n) is 3.84. The van der Waals surface area contributed by atoms with Crippen molar-refractivity contribution in [1.82, 2.24) is 0 Å². The Morgan fingerprint density at radius 2 is 1.70 bits per heavy atom. The van der Waals surface area contributed by atoms with Crippen molar-refractivity contribution in [2.75, 3.05) is 25.6 Å². The number of sulfonamides is 1. The summed E-state index contributed by atoms with van der Waals surface area (Å²) < 4.78 is 36.8. The number of anilines is 1. The van der Waals surface area contributed by atoms with Crippen molar-refractivity contribution in [3.05, 3.63) is 18.2 Å². The second kappa shape index (κ2) is 5.91. The zero-order valence-electron chi connectivity index (χ0n) is 12.1. The van der Waals surface area contributed by atoms with E-state index in [1.54, 1.807) is 32.4 Å². The minimum Gasteiger partial charge on any atom is -0.493 e. The van der Waals surface area contributed by atoms with Crippen LogP contribution in [0.3, 0.4) is 0 Å². The van der Waals surface area contributed by atoms with Gasteiger partial charge in [0.05, 0.1) is 25.2 Å². The lowest BCUT2D eigenvalue weighted by atomic mass is 10.3. The molecule has 0 aromatic heterocycles. The molecule has 1 saturated carbocycles. The molecule has 5 nitrogen and oxygen atoms in total. The summed E-state index contributed by atoms with van der Waals surface area (Å²) in [7, 11) is 1.38. The average Bonchev–Trinajstić information content (AvgIpc) is 3.00. The lowest BCUT2D eigenvalue weighted by molar-refractivity contribution is 0.355. The standard InChI is InChI=1S/C14H21NO4S/c1-15(20(16,17)12-6-4-5-7-12)11-8-9-13(18-2)14(10-11)19-3/h8-10,12H,4-7H2,1-3H3. The van der Waals surface area contributed by atoms with E-state index in [0.717, 1.165) is 25.7 Å². The van der Waals surface area contributed by atoms with Crippen LogP contribution in [0.25, 0.3) is 0 Å². The van der Waals surface area contributed by atoms with Crippen molar-refractivity contribution in [2.45, 2.75) is 30.9 Å². The van der Waals surface area contributed by atoms with Gasteiger partial charge in [0.15, 0.2) is 11.5 Å². The summed E-state index contributed by atoms with van der Waals surface area (Å²) in [4.78, 5) is 0. The molecule has 0 heterocycles. The molecule has 0 unspecified atom stereocenters. The highest BCUT2D eigenvalue weighted by molar-refractivity contribution is 7.93. The monoisotopic (exact) mass is 299 g/mol. The predicted octanol–water partition coefficient (Wildman–Crippen LogP) is 2.41. The van der Waals surface area contributed by atoms with Crippen molar-refractivity contribution in [1.29, 1.82) is 0 Å². The van der Waals surface area contributed by atoms with Crippen molar-refractivity contribution in [3.63, 3.8) is 0 Å². The van der Waals surface area contributed by atoms with Gasteiger partial charge in [-0.1, -0.05) is 12.8 Å². The highest BCUT2D eigenvalue weighted by atomic mass is 32.2. The second-order valence-electron chi connectivity index (χ2n) is 4.96. The fourth-order valence-corrected chi connectivity index (χ4v) is 4.36. The maximum Gasteiger partial charge on any atom is 0.237 e. The van der Waals surface area contributed by atoms with Gasteiger partial charge in [0.1, 0.15) is 0 Å². The zero-order chi connectivity index (χ0) is 14.8. The van der Waals surface area contributed by atoms with Gasteiger partial charge in [-0.3, -0.25) is 4.31 Å². The van der Waals surface area contributed by atoms with Crippen LogP contribution in [0.5, 0.6) is 11.5 Å². The Hall–Kier alpha value is -1.43. The van der Waals surface area contributed by atoms with Gasteiger partial charge < -0.3 is 9.47 Å². The van der Waals surface area contributed by atoms with Gasteiger partial charge in [-0.2, -0.15) is 0 Å². The quantitative estimate of drug-likeness (QED) is 0.838. The van der Waals surface area contributed by atoms with Gasteiger partial charge in [-0.25, -0.2) is 8.42 Å². The topological polar surface area (TPSA) is 55.8 Å². The molecule has 0 bridgehead atoms. The van der Waals surface area contributed by atoms with Crippen molar-refractivity contribution < 1.29 is 17.9 Å². The van der Waals surface area contributed by atoms with E-state index >= 15 is 0 Å². The second-order valence-corrected chi connectivity index (χ2v) is 7.20. The first-order chi connectivity index (χ1) is 9.50. The fraction of sp³-hybridized carbons (Fsp3) is 0.571. The van der Waals surface area contributed by atoms with Gasteiger partial charge in [0.2, 0.25) is 10.0 Å². The van der Waals surface area contributed by atoms with Crippen LogP contribution < -0.4 is 13.8 Å². The first kappa shape index (κ1) is 15.0. The van der Waals surface area contributed by atoms with Crippen LogP contribution >= 0.6 is 0 Å². The van der Waals surface area contributed by atoms with Crippen LogP contribution in [0.4, 0.5) is 5.69 Å². The molecule has 20 heavy (non-hydrogen) atoms. The Labute approximate surface area is 120 Å². The summed E-state index contributed by atoms with van der Waals surface area (Å²) in [6.07, 6.45) is 3.48. The van der Waals surface area contributed by atoms with Gasteiger partial charge in [0, 0.05) is 13.1 Å². The smallest absolute Gasteiger partial charge is 0.237 e. The molecule has 1 aliphatic carbocycles. The number of methoxy groups -OCH3 is 2. The van der Waals surface area contributed by atoms with Gasteiger partial charge in [-0.15, -0.1) is 0 Å². The summed E-state index contributed by atoms with van der Waals surface area (Å²) in [5, 5.41) is -0.263. The summed E-state index contributed by atoms with van der Waals surface area (Å²) in [6.45, 7) is 0. The van der Waals surface area contributed by atoms with E-state index in [1.165, 1.54) is 11.4 Å². The molecule has 0 saturated heterocycles. The maximum absolute atomic E-state index is 12.5. The van der Waals surface area contributed by atoms with E-state index in [2.05, 4.69) is 0 Å². The SMILES string of the molecule is COc1ccc(N(C)S(=O)(=O)C2CCCC2)cc1OC. The predicted molar refractivity (Wildman–Crippen MR) is 79.1 cm³/mol. The fourth-order valence-electron chi connectivity index (χ4n) is 2.58. The lowest BCUT2D eigenvalue weighted by Crippen LogP contribution is -2.34. The third kappa shape index (κ3) is 2.70. The lowest BCUT2D eigenvalue weighted by Gasteiger charge is -2.24. The molecule has 112 valence electrons. The molecular weight excluding hydrogens is 278 g/mol. The molecule has 0 atom stereocenters. The van der Waals surface area contributed by atoms with Crippen LogP contribution in [0.15, 0.2) is 18.2 Å². The van der Waals surface area contributed by atoms with Gasteiger partial charge in [-0.05, 0) is 25.0 Å². The molecule has 1 fully saturated rings. The molecule has 0 aliphatic heterocycles. The van der Waals surface area contributed by atoms with Crippen LogP contribution in [0.2, 0.25) is 0 Å². The van der Waals surface area contributed by atoms with Gasteiger partial charge in [0.25, 0.3) is 0 Å². The molecule has 1 aromatic carbocycles. The van der Waals surface area contributed by atoms with Gasteiger partial charge >= 0.3 is 0 Å². The Morgan fingerprint density at radius 1 is 1.10 bits per heavy atom. The summed E-state index contributed by atoms with van der Waals surface area (Å²) in [5.41, 5.74) is 0.592. The number of ether oxygens (including phenoxy) is 2. The molecule has 0 radical (unpaired) electrons. The Kier molecular flexibility index (Phi) is 4.42. The largest absolute Gasteiger partial charge is 0.493 e. The van der Waals surface area contributed by atoms with E-state index < -0.39 is 10.0 Å². The van der Waals surface area contributed by atoms with E-state index in [9.17, 15) is 8.42 Å². The zero-order valence-corrected chi connectivity index (χ0v) is 12.9. The molecule has 1 aromatic rings. The molecule has 1 aliphatic rings.